The Balaban J connectivity index is 0.000000671. The second kappa shape index (κ2) is 5.92. The van der Waals surface area contributed by atoms with Crippen molar-refractivity contribution in [1.29, 1.82) is 0 Å². The number of hydrazone groups is 1. The Bertz CT molecular complexity index is 286. The number of rotatable bonds is 1. The van der Waals surface area contributed by atoms with Gasteiger partial charge in [-0.05, 0) is 12.1 Å². The van der Waals surface area contributed by atoms with Gasteiger partial charge < -0.3 is 11.6 Å². The molecular weight excluding hydrogens is 173 g/mol. The lowest BCUT2D eigenvalue weighted by atomic mass is 10.2. The van der Waals surface area contributed by atoms with Gasteiger partial charge in [0.25, 0.3) is 0 Å². The van der Waals surface area contributed by atoms with Crippen LogP contribution in [-0.4, -0.2) is 5.84 Å². The van der Waals surface area contributed by atoms with Crippen molar-refractivity contribution in [2.24, 2.45) is 28.4 Å². The average Bonchev–Trinajstić information content (AvgIpc) is 2.20. The zero-order chi connectivity index (χ0) is 10.3. The number of halogens is 1. The summed E-state index contributed by atoms with van der Waals surface area (Å²) in [7, 11) is 0. The first-order chi connectivity index (χ1) is 6.25. The van der Waals surface area contributed by atoms with Crippen molar-refractivity contribution in [3.05, 3.63) is 35.6 Å². The van der Waals surface area contributed by atoms with Gasteiger partial charge in [0.15, 0.2) is 5.84 Å². The molecule has 5 nitrogen and oxygen atoms in total. The van der Waals surface area contributed by atoms with Crippen LogP contribution in [-0.2, 0) is 0 Å². The molecule has 0 saturated heterocycles. The summed E-state index contributed by atoms with van der Waals surface area (Å²) in [5.41, 5.74) is 5.51. The van der Waals surface area contributed by atoms with E-state index in [-0.39, 0.29) is 11.4 Å². The molecular formula is C7H12FN5. The fraction of sp³-hybridized carbons (Fsp3) is 0. The van der Waals surface area contributed by atoms with Crippen molar-refractivity contribution in [2.45, 2.75) is 0 Å². The molecule has 0 atom stereocenters. The molecule has 0 radical (unpaired) electrons. The maximum atomic E-state index is 12.8. The standard InChI is InChI=1S/C7H8FN3.H4N2/c8-6-4-2-1-3-5(6)7(9)11-10;1-2/h1-4H,10H2,(H2,9,11);1-2H2. The molecule has 13 heavy (non-hydrogen) atoms. The van der Waals surface area contributed by atoms with Crippen LogP contribution in [0, 0.1) is 5.82 Å². The lowest BCUT2D eigenvalue weighted by Gasteiger charge is -1.98. The monoisotopic (exact) mass is 185 g/mol. The first-order valence-electron chi connectivity index (χ1n) is 3.37. The Hall–Kier alpha value is -1.66. The van der Waals surface area contributed by atoms with Crippen LogP contribution in [0.3, 0.4) is 0 Å². The van der Waals surface area contributed by atoms with Gasteiger partial charge in [0.2, 0.25) is 0 Å². The SMILES string of the molecule is NN.NN=C(N)c1ccccc1F. The summed E-state index contributed by atoms with van der Waals surface area (Å²) < 4.78 is 12.8. The van der Waals surface area contributed by atoms with Crippen LogP contribution in [0.25, 0.3) is 0 Å². The summed E-state index contributed by atoms with van der Waals surface area (Å²) in [5, 5.41) is 3.17. The number of hydrazine groups is 1. The predicted molar refractivity (Wildman–Crippen MR) is 49.7 cm³/mol. The molecule has 0 spiro atoms. The van der Waals surface area contributed by atoms with E-state index < -0.39 is 5.82 Å². The minimum absolute atomic E-state index is 0.00287. The van der Waals surface area contributed by atoms with Gasteiger partial charge in [0.05, 0.1) is 5.56 Å². The summed E-state index contributed by atoms with van der Waals surface area (Å²) >= 11 is 0. The molecule has 0 aromatic heterocycles. The Morgan fingerprint density at radius 3 is 2.23 bits per heavy atom. The van der Waals surface area contributed by atoms with E-state index in [1.807, 2.05) is 0 Å². The van der Waals surface area contributed by atoms with E-state index in [1.165, 1.54) is 12.1 Å². The highest BCUT2D eigenvalue weighted by Gasteiger charge is 2.02. The molecule has 0 amide bonds. The maximum Gasteiger partial charge on any atom is 0.153 e. The molecule has 0 fully saturated rings. The highest BCUT2D eigenvalue weighted by molar-refractivity contribution is 5.97. The number of amidine groups is 1. The second-order valence-electron chi connectivity index (χ2n) is 1.99. The van der Waals surface area contributed by atoms with E-state index in [2.05, 4.69) is 16.8 Å². The van der Waals surface area contributed by atoms with E-state index in [0.29, 0.717) is 0 Å². The molecule has 0 bridgehead atoms. The first-order valence-corrected chi connectivity index (χ1v) is 3.37. The molecule has 8 N–H and O–H groups in total. The third-order valence-corrected chi connectivity index (χ3v) is 1.29. The van der Waals surface area contributed by atoms with Crippen molar-refractivity contribution >= 4 is 5.84 Å². The van der Waals surface area contributed by atoms with E-state index in [0.717, 1.165) is 0 Å². The van der Waals surface area contributed by atoms with Gasteiger partial charge in [-0.25, -0.2) is 4.39 Å². The summed E-state index contributed by atoms with van der Waals surface area (Å²) in [6, 6.07) is 6.05. The van der Waals surface area contributed by atoms with Crippen LogP contribution >= 0.6 is 0 Å². The zero-order valence-electron chi connectivity index (χ0n) is 6.94. The number of hydrogen-bond acceptors (Lipinski definition) is 4. The van der Waals surface area contributed by atoms with Crippen LogP contribution in [0.15, 0.2) is 29.4 Å². The number of nitrogens with two attached hydrogens (primary N) is 4. The second-order valence-corrected chi connectivity index (χ2v) is 1.99. The van der Waals surface area contributed by atoms with Crippen LogP contribution in [0.2, 0.25) is 0 Å². The topological polar surface area (TPSA) is 116 Å². The molecule has 1 rings (SSSR count). The Morgan fingerprint density at radius 1 is 1.23 bits per heavy atom. The van der Waals surface area contributed by atoms with Gasteiger partial charge in [-0.15, -0.1) is 0 Å². The van der Waals surface area contributed by atoms with Crippen molar-refractivity contribution in [2.75, 3.05) is 0 Å². The molecule has 0 saturated carbocycles. The summed E-state index contributed by atoms with van der Waals surface area (Å²) in [4.78, 5) is 0. The number of hydrogen-bond donors (Lipinski definition) is 4. The molecule has 72 valence electrons. The third-order valence-electron chi connectivity index (χ3n) is 1.29. The highest BCUT2D eigenvalue weighted by Crippen LogP contribution is 2.04. The van der Waals surface area contributed by atoms with E-state index >= 15 is 0 Å². The largest absolute Gasteiger partial charge is 0.382 e. The Morgan fingerprint density at radius 2 is 1.77 bits per heavy atom. The van der Waals surface area contributed by atoms with Crippen molar-refractivity contribution < 1.29 is 4.39 Å². The van der Waals surface area contributed by atoms with Gasteiger partial charge in [-0.3, -0.25) is 11.7 Å². The predicted octanol–water partition coefficient (Wildman–Crippen LogP) is -0.776. The number of benzene rings is 1. The quantitative estimate of drug-likeness (QED) is 0.199. The van der Waals surface area contributed by atoms with E-state index in [9.17, 15) is 4.39 Å². The summed E-state index contributed by atoms with van der Waals surface area (Å²) in [6.45, 7) is 0. The summed E-state index contributed by atoms with van der Waals surface area (Å²) in [6.07, 6.45) is 0. The molecule has 0 aliphatic rings. The molecule has 0 aliphatic heterocycles. The summed E-state index contributed by atoms with van der Waals surface area (Å²) in [5.74, 6) is 12.5. The molecule has 1 aromatic rings. The molecule has 6 heteroatoms. The smallest absolute Gasteiger partial charge is 0.153 e. The lowest BCUT2D eigenvalue weighted by molar-refractivity contribution is 0.625. The van der Waals surface area contributed by atoms with Gasteiger partial charge in [-0.2, -0.15) is 5.10 Å². The zero-order valence-corrected chi connectivity index (χ0v) is 6.94. The maximum absolute atomic E-state index is 12.8. The Kier molecular flexibility index (Phi) is 5.17. The van der Waals surface area contributed by atoms with Gasteiger partial charge in [-0.1, -0.05) is 12.1 Å². The third kappa shape index (κ3) is 3.06. The lowest BCUT2D eigenvalue weighted by Crippen LogP contribution is -2.16. The van der Waals surface area contributed by atoms with Gasteiger partial charge in [0, 0.05) is 0 Å². The first kappa shape index (κ1) is 11.3. The van der Waals surface area contributed by atoms with Crippen molar-refractivity contribution in [1.82, 2.24) is 0 Å². The fourth-order valence-corrected chi connectivity index (χ4v) is 0.738. The minimum Gasteiger partial charge on any atom is -0.382 e. The normalized spacial score (nSPS) is 10.2. The van der Waals surface area contributed by atoms with Crippen LogP contribution < -0.4 is 23.3 Å². The molecule has 0 heterocycles. The average molecular weight is 185 g/mol. The van der Waals surface area contributed by atoms with Gasteiger partial charge in [0.1, 0.15) is 5.82 Å². The molecule has 0 unspecified atom stereocenters. The minimum atomic E-state index is -0.417. The molecule has 1 aromatic carbocycles. The van der Waals surface area contributed by atoms with Crippen LogP contribution in [0.4, 0.5) is 4.39 Å². The number of nitrogens with zero attached hydrogens (tertiary/aromatic N) is 1. The van der Waals surface area contributed by atoms with Crippen molar-refractivity contribution in [3.8, 4) is 0 Å². The van der Waals surface area contributed by atoms with Crippen molar-refractivity contribution in [3.63, 3.8) is 0 Å². The Labute approximate surface area is 75.2 Å². The van der Waals surface area contributed by atoms with E-state index in [4.69, 9.17) is 11.6 Å². The van der Waals surface area contributed by atoms with Crippen LogP contribution in [0.1, 0.15) is 5.56 Å². The highest BCUT2D eigenvalue weighted by atomic mass is 19.1. The van der Waals surface area contributed by atoms with Crippen LogP contribution in [0.5, 0.6) is 0 Å². The fourth-order valence-electron chi connectivity index (χ4n) is 0.738. The van der Waals surface area contributed by atoms with Gasteiger partial charge >= 0.3 is 0 Å². The molecule has 0 aliphatic carbocycles. The van der Waals surface area contributed by atoms with E-state index in [1.54, 1.807) is 12.1 Å².